The summed E-state index contributed by atoms with van der Waals surface area (Å²) in [6, 6.07) is 0.447. The first kappa shape index (κ1) is 15.7. The number of methoxy groups -OCH3 is 1. The van der Waals surface area contributed by atoms with Crippen LogP contribution in [0.5, 0.6) is 0 Å². The van der Waals surface area contributed by atoms with Crippen LogP contribution in [0.25, 0.3) is 0 Å². The molecule has 0 N–H and O–H groups in total. The molecule has 6 nitrogen and oxygen atoms in total. The third-order valence-electron chi connectivity index (χ3n) is 3.98. The van der Waals surface area contributed by atoms with Gasteiger partial charge in [-0.1, -0.05) is 0 Å². The van der Waals surface area contributed by atoms with Crippen molar-refractivity contribution in [2.45, 2.75) is 25.5 Å². The second kappa shape index (κ2) is 6.85. The molecular weight excluding hydrogens is 260 g/mol. The van der Waals surface area contributed by atoms with E-state index in [1.54, 1.807) is 7.11 Å². The largest absolute Gasteiger partial charge is 0.377 e. The zero-order valence-electron chi connectivity index (χ0n) is 12.8. The predicted molar refractivity (Wildman–Crippen MR) is 74.7 cm³/mol. The summed E-state index contributed by atoms with van der Waals surface area (Å²) in [7, 11) is 1.55. The summed E-state index contributed by atoms with van der Waals surface area (Å²) in [6.07, 6.45) is 0. The van der Waals surface area contributed by atoms with Crippen LogP contribution in [0.3, 0.4) is 0 Å². The highest BCUT2D eigenvalue weighted by Gasteiger charge is 2.41. The van der Waals surface area contributed by atoms with Crippen molar-refractivity contribution in [3.8, 4) is 0 Å². The molecule has 1 unspecified atom stereocenters. The van der Waals surface area contributed by atoms with Crippen LogP contribution in [0.4, 0.5) is 0 Å². The van der Waals surface area contributed by atoms with Gasteiger partial charge in [0.2, 0.25) is 5.91 Å². The molecule has 2 aliphatic rings. The third-order valence-corrected chi connectivity index (χ3v) is 3.98. The number of hydrogen-bond donors (Lipinski definition) is 0. The van der Waals surface area contributed by atoms with Gasteiger partial charge in [0.15, 0.2) is 0 Å². The quantitative estimate of drug-likeness (QED) is 0.729. The fraction of sp³-hybridized carbons (Fsp3) is 0.929. The molecular formula is C14H26N2O4. The number of hydrogen-bond acceptors (Lipinski definition) is 5. The van der Waals surface area contributed by atoms with Gasteiger partial charge >= 0.3 is 0 Å². The number of nitrogens with zero attached hydrogens (tertiary/aromatic N) is 2. The van der Waals surface area contributed by atoms with E-state index < -0.39 is 5.60 Å². The SMILES string of the molecule is COCC(=O)N1CCOC2(COCCN(C(C)C)C2)C1. The van der Waals surface area contributed by atoms with Gasteiger partial charge in [-0.25, -0.2) is 0 Å². The van der Waals surface area contributed by atoms with Crippen LogP contribution >= 0.6 is 0 Å². The summed E-state index contributed by atoms with van der Waals surface area (Å²) in [5.41, 5.74) is -0.400. The van der Waals surface area contributed by atoms with Crippen molar-refractivity contribution in [3.05, 3.63) is 0 Å². The smallest absolute Gasteiger partial charge is 0.248 e. The van der Waals surface area contributed by atoms with Gasteiger partial charge in [0, 0.05) is 32.8 Å². The molecule has 20 heavy (non-hydrogen) atoms. The Labute approximate surface area is 120 Å². The zero-order chi connectivity index (χ0) is 14.6. The van der Waals surface area contributed by atoms with Gasteiger partial charge in [-0.15, -0.1) is 0 Å². The Balaban J connectivity index is 2.05. The summed E-state index contributed by atoms with van der Waals surface area (Å²) in [5.74, 6) is 0.0236. The van der Waals surface area contributed by atoms with Crippen LogP contribution in [-0.4, -0.2) is 87.1 Å². The van der Waals surface area contributed by atoms with Crippen LogP contribution < -0.4 is 0 Å². The van der Waals surface area contributed by atoms with E-state index in [0.717, 1.165) is 19.7 Å². The standard InChI is InChI=1S/C14H26N2O4/c1-12(2)15-4-6-19-11-14(9-15)10-16(5-7-20-14)13(17)8-18-3/h12H,4-11H2,1-3H3. The average molecular weight is 286 g/mol. The minimum absolute atomic E-state index is 0.0236. The molecule has 1 atom stereocenters. The second-order valence-corrected chi connectivity index (χ2v) is 5.90. The molecule has 0 aliphatic carbocycles. The summed E-state index contributed by atoms with van der Waals surface area (Å²) in [4.78, 5) is 16.2. The summed E-state index contributed by atoms with van der Waals surface area (Å²) in [5, 5.41) is 0. The van der Waals surface area contributed by atoms with E-state index in [1.165, 1.54) is 0 Å². The average Bonchev–Trinajstić information content (AvgIpc) is 2.62. The highest BCUT2D eigenvalue weighted by Crippen LogP contribution is 2.23. The van der Waals surface area contributed by atoms with Gasteiger partial charge in [-0.2, -0.15) is 0 Å². The first-order chi connectivity index (χ1) is 9.56. The van der Waals surface area contributed by atoms with E-state index in [4.69, 9.17) is 14.2 Å². The number of rotatable bonds is 3. The van der Waals surface area contributed by atoms with Crippen molar-refractivity contribution < 1.29 is 19.0 Å². The normalized spacial score (nSPS) is 28.9. The molecule has 0 aromatic carbocycles. The molecule has 0 bridgehead atoms. The molecule has 0 aromatic heterocycles. The first-order valence-corrected chi connectivity index (χ1v) is 7.29. The summed E-state index contributed by atoms with van der Waals surface area (Å²) < 4.78 is 16.7. The molecule has 6 heteroatoms. The zero-order valence-corrected chi connectivity index (χ0v) is 12.8. The van der Waals surface area contributed by atoms with Gasteiger partial charge in [-0.05, 0) is 13.8 Å². The Morgan fingerprint density at radius 3 is 2.80 bits per heavy atom. The maximum Gasteiger partial charge on any atom is 0.248 e. The molecule has 0 saturated carbocycles. The predicted octanol–water partition coefficient (Wildman–Crippen LogP) is -0.0290. The number of morpholine rings is 1. The van der Waals surface area contributed by atoms with Gasteiger partial charge in [0.25, 0.3) is 0 Å². The maximum absolute atomic E-state index is 12.0. The molecule has 2 rings (SSSR count). The summed E-state index contributed by atoms with van der Waals surface area (Å²) in [6.45, 7) is 9.24. The van der Waals surface area contributed by atoms with Gasteiger partial charge < -0.3 is 19.1 Å². The van der Waals surface area contributed by atoms with E-state index in [2.05, 4.69) is 18.7 Å². The second-order valence-electron chi connectivity index (χ2n) is 5.90. The Hall–Kier alpha value is -0.690. The van der Waals surface area contributed by atoms with Crippen molar-refractivity contribution in [2.24, 2.45) is 0 Å². The van der Waals surface area contributed by atoms with E-state index >= 15 is 0 Å². The fourth-order valence-electron chi connectivity index (χ4n) is 2.83. The molecule has 2 aliphatic heterocycles. The minimum atomic E-state index is -0.400. The van der Waals surface area contributed by atoms with Crippen LogP contribution in [0.1, 0.15) is 13.8 Å². The lowest BCUT2D eigenvalue weighted by atomic mass is 10.0. The van der Waals surface area contributed by atoms with Crippen molar-refractivity contribution in [3.63, 3.8) is 0 Å². The molecule has 116 valence electrons. The highest BCUT2D eigenvalue weighted by atomic mass is 16.5. The maximum atomic E-state index is 12.0. The number of ether oxygens (including phenoxy) is 3. The van der Waals surface area contributed by atoms with Crippen LogP contribution in [0.15, 0.2) is 0 Å². The minimum Gasteiger partial charge on any atom is -0.377 e. The molecule has 2 heterocycles. The van der Waals surface area contributed by atoms with Crippen molar-refractivity contribution in [1.82, 2.24) is 9.80 Å². The Morgan fingerprint density at radius 2 is 2.10 bits per heavy atom. The van der Waals surface area contributed by atoms with E-state index in [0.29, 0.717) is 32.3 Å². The topological polar surface area (TPSA) is 51.2 Å². The van der Waals surface area contributed by atoms with E-state index in [1.807, 2.05) is 4.90 Å². The van der Waals surface area contributed by atoms with Gasteiger partial charge in [0.05, 0.1) is 26.4 Å². The lowest BCUT2D eigenvalue weighted by Gasteiger charge is -2.44. The van der Waals surface area contributed by atoms with Crippen LogP contribution in [0.2, 0.25) is 0 Å². The Kier molecular flexibility index (Phi) is 5.37. The Bertz CT molecular complexity index is 337. The van der Waals surface area contributed by atoms with Crippen LogP contribution in [-0.2, 0) is 19.0 Å². The van der Waals surface area contributed by atoms with E-state index in [9.17, 15) is 4.79 Å². The molecule has 0 radical (unpaired) electrons. The first-order valence-electron chi connectivity index (χ1n) is 7.29. The molecule has 1 amide bonds. The fourth-order valence-corrected chi connectivity index (χ4v) is 2.83. The van der Waals surface area contributed by atoms with E-state index in [-0.39, 0.29) is 12.5 Å². The molecule has 1 spiro atoms. The van der Waals surface area contributed by atoms with Crippen molar-refractivity contribution >= 4 is 5.91 Å². The number of carbonyl (C=O) groups is 1. The van der Waals surface area contributed by atoms with Gasteiger partial charge in [0.1, 0.15) is 12.2 Å². The van der Waals surface area contributed by atoms with Crippen molar-refractivity contribution in [2.75, 3.05) is 59.7 Å². The Morgan fingerprint density at radius 1 is 1.30 bits per heavy atom. The van der Waals surface area contributed by atoms with Crippen molar-refractivity contribution in [1.29, 1.82) is 0 Å². The number of carbonyl (C=O) groups excluding carboxylic acids is 1. The summed E-state index contributed by atoms with van der Waals surface area (Å²) >= 11 is 0. The highest BCUT2D eigenvalue weighted by molar-refractivity contribution is 5.77. The number of amides is 1. The molecule has 0 aromatic rings. The lowest BCUT2D eigenvalue weighted by molar-refractivity contribution is -0.164. The monoisotopic (exact) mass is 286 g/mol. The lowest BCUT2D eigenvalue weighted by Crippen LogP contribution is -2.60. The molecule has 2 saturated heterocycles. The van der Waals surface area contributed by atoms with Gasteiger partial charge in [-0.3, -0.25) is 9.69 Å². The molecule has 2 fully saturated rings. The van der Waals surface area contributed by atoms with Crippen LogP contribution in [0, 0.1) is 0 Å². The third kappa shape index (κ3) is 3.69.